The SMILES string of the molecule is C[C@@H](Oc1ccc2c(nnn2CC(C)(C)C)c1Br)c1ccccc1. The van der Waals surface area contributed by atoms with Crippen LogP contribution in [-0.2, 0) is 6.54 Å². The quantitative estimate of drug-likeness (QED) is 0.603. The van der Waals surface area contributed by atoms with E-state index >= 15 is 0 Å². The highest BCUT2D eigenvalue weighted by atomic mass is 79.9. The molecule has 1 atom stereocenters. The topological polar surface area (TPSA) is 39.9 Å². The van der Waals surface area contributed by atoms with Crippen LogP contribution < -0.4 is 4.74 Å². The molecule has 0 saturated carbocycles. The molecule has 126 valence electrons. The van der Waals surface area contributed by atoms with Gasteiger partial charge < -0.3 is 4.74 Å². The Morgan fingerprint density at radius 1 is 1.12 bits per heavy atom. The van der Waals surface area contributed by atoms with Crippen molar-refractivity contribution in [3.63, 3.8) is 0 Å². The third-order valence-electron chi connectivity index (χ3n) is 3.79. The van der Waals surface area contributed by atoms with Crippen molar-refractivity contribution in [3.05, 3.63) is 52.5 Å². The first kappa shape index (κ1) is 17.0. The Kier molecular flexibility index (Phi) is 4.63. The minimum atomic E-state index is -0.0374. The van der Waals surface area contributed by atoms with Gasteiger partial charge in [0.1, 0.15) is 17.4 Å². The molecule has 3 rings (SSSR count). The molecule has 3 aromatic rings. The van der Waals surface area contributed by atoms with Crippen LogP contribution in [-0.4, -0.2) is 15.0 Å². The predicted molar refractivity (Wildman–Crippen MR) is 100 cm³/mol. The fraction of sp³-hybridized carbons (Fsp3) is 0.368. The molecule has 1 aromatic heterocycles. The number of fused-ring (bicyclic) bond motifs is 1. The lowest BCUT2D eigenvalue weighted by atomic mass is 9.97. The molecule has 0 amide bonds. The molecule has 0 saturated heterocycles. The molecule has 0 bridgehead atoms. The third-order valence-corrected chi connectivity index (χ3v) is 4.55. The molecule has 0 unspecified atom stereocenters. The van der Waals surface area contributed by atoms with Gasteiger partial charge in [-0.25, -0.2) is 4.68 Å². The molecule has 0 aliphatic carbocycles. The van der Waals surface area contributed by atoms with E-state index in [4.69, 9.17) is 4.74 Å². The second-order valence-electron chi connectivity index (χ2n) is 7.22. The van der Waals surface area contributed by atoms with Gasteiger partial charge in [0.15, 0.2) is 0 Å². The predicted octanol–water partition coefficient (Wildman–Crippen LogP) is 5.38. The summed E-state index contributed by atoms with van der Waals surface area (Å²) in [4.78, 5) is 0. The zero-order valence-electron chi connectivity index (χ0n) is 14.5. The highest BCUT2D eigenvalue weighted by Crippen LogP contribution is 2.35. The van der Waals surface area contributed by atoms with Crippen molar-refractivity contribution in [1.29, 1.82) is 0 Å². The fourth-order valence-electron chi connectivity index (χ4n) is 2.63. The molecule has 5 heteroatoms. The van der Waals surface area contributed by atoms with Crippen molar-refractivity contribution in [2.45, 2.75) is 40.3 Å². The van der Waals surface area contributed by atoms with Crippen LogP contribution in [0, 0.1) is 5.41 Å². The first-order valence-electron chi connectivity index (χ1n) is 8.08. The number of ether oxygens (including phenoxy) is 1. The summed E-state index contributed by atoms with van der Waals surface area (Å²) in [5.41, 5.74) is 3.12. The van der Waals surface area contributed by atoms with Crippen molar-refractivity contribution in [3.8, 4) is 5.75 Å². The van der Waals surface area contributed by atoms with Gasteiger partial charge in [0, 0.05) is 6.54 Å². The largest absolute Gasteiger partial charge is 0.485 e. The van der Waals surface area contributed by atoms with Crippen molar-refractivity contribution in [1.82, 2.24) is 15.0 Å². The maximum Gasteiger partial charge on any atom is 0.136 e. The Hall–Kier alpha value is -1.88. The number of hydrogen-bond donors (Lipinski definition) is 0. The molecule has 0 aliphatic heterocycles. The van der Waals surface area contributed by atoms with Crippen LogP contribution in [0.15, 0.2) is 46.9 Å². The van der Waals surface area contributed by atoms with Crippen LogP contribution in [0.25, 0.3) is 11.0 Å². The summed E-state index contributed by atoms with van der Waals surface area (Å²) in [6.07, 6.45) is -0.0374. The fourth-order valence-corrected chi connectivity index (χ4v) is 3.13. The minimum absolute atomic E-state index is 0.0374. The first-order valence-corrected chi connectivity index (χ1v) is 8.88. The van der Waals surface area contributed by atoms with Gasteiger partial charge in [-0.05, 0) is 46.0 Å². The zero-order valence-corrected chi connectivity index (χ0v) is 16.0. The summed E-state index contributed by atoms with van der Waals surface area (Å²) in [5.74, 6) is 0.779. The Morgan fingerprint density at radius 3 is 2.50 bits per heavy atom. The lowest BCUT2D eigenvalue weighted by Crippen LogP contribution is -2.16. The second kappa shape index (κ2) is 6.55. The van der Waals surface area contributed by atoms with Crippen molar-refractivity contribution < 1.29 is 4.74 Å². The van der Waals surface area contributed by atoms with Gasteiger partial charge in [-0.3, -0.25) is 0 Å². The van der Waals surface area contributed by atoms with Crippen LogP contribution in [0.4, 0.5) is 0 Å². The molecule has 0 aliphatic rings. The lowest BCUT2D eigenvalue weighted by molar-refractivity contribution is 0.226. The van der Waals surface area contributed by atoms with E-state index in [1.807, 2.05) is 41.9 Å². The smallest absolute Gasteiger partial charge is 0.136 e. The Labute approximate surface area is 151 Å². The van der Waals surface area contributed by atoms with Crippen LogP contribution in [0.2, 0.25) is 0 Å². The van der Waals surface area contributed by atoms with Gasteiger partial charge >= 0.3 is 0 Å². The normalized spacial score (nSPS) is 13.2. The molecule has 0 fully saturated rings. The Balaban J connectivity index is 1.89. The summed E-state index contributed by atoms with van der Waals surface area (Å²) in [7, 11) is 0. The van der Waals surface area contributed by atoms with Crippen molar-refractivity contribution in [2.75, 3.05) is 0 Å². The first-order chi connectivity index (χ1) is 11.3. The molecule has 0 N–H and O–H groups in total. The number of halogens is 1. The molecule has 24 heavy (non-hydrogen) atoms. The van der Waals surface area contributed by atoms with E-state index in [1.165, 1.54) is 0 Å². The number of aromatic nitrogens is 3. The maximum atomic E-state index is 6.13. The number of nitrogens with zero attached hydrogens (tertiary/aromatic N) is 3. The van der Waals surface area contributed by atoms with Crippen molar-refractivity contribution in [2.24, 2.45) is 5.41 Å². The number of rotatable bonds is 4. The Morgan fingerprint density at radius 2 is 1.83 bits per heavy atom. The van der Waals surface area contributed by atoms with Gasteiger partial charge in [0.05, 0.1) is 9.99 Å². The van der Waals surface area contributed by atoms with Gasteiger partial charge in [0.25, 0.3) is 0 Å². The average molecular weight is 388 g/mol. The highest BCUT2D eigenvalue weighted by Gasteiger charge is 2.18. The summed E-state index contributed by atoms with van der Waals surface area (Å²) < 4.78 is 8.92. The van der Waals surface area contributed by atoms with E-state index < -0.39 is 0 Å². The summed E-state index contributed by atoms with van der Waals surface area (Å²) in [6.45, 7) is 9.43. The standard InChI is InChI=1S/C19H22BrN3O/c1-13(14-8-6-5-7-9-14)24-16-11-10-15-18(17(16)20)21-22-23(15)12-19(2,3)4/h5-11,13H,12H2,1-4H3/t13-/m1/s1. The molecule has 0 spiro atoms. The maximum absolute atomic E-state index is 6.13. The number of benzene rings is 2. The van der Waals surface area contributed by atoms with Gasteiger partial charge in [0.2, 0.25) is 0 Å². The molecule has 4 nitrogen and oxygen atoms in total. The van der Waals surface area contributed by atoms with Crippen LogP contribution in [0.5, 0.6) is 5.75 Å². The van der Waals surface area contributed by atoms with Gasteiger partial charge in [-0.1, -0.05) is 56.3 Å². The van der Waals surface area contributed by atoms with Crippen molar-refractivity contribution >= 4 is 27.0 Å². The minimum Gasteiger partial charge on any atom is -0.485 e. The molecule has 0 radical (unpaired) electrons. The molecule has 1 heterocycles. The van der Waals surface area contributed by atoms with E-state index in [0.717, 1.165) is 33.4 Å². The summed E-state index contributed by atoms with van der Waals surface area (Å²) in [5, 5.41) is 8.63. The van der Waals surface area contributed by atoms with E-state index in [2.05, 4.69) is 59.1 Å². The summed E-state index contributed by atoms with van der Waals surface area (Å²) >= 11 is 3.64. The van der Waals surface area contributed by atoms with E-state index in [1.54, 1.807) is 0 Å². The zero-order chi connectivity index (χ0) is 17.3. The van der Waals surface area contributed by atoms with Crippen LogP contribution in [0.3, 0.4) is 0 Å². The third kappa shape index (κ3) is 3.61. The molecule has 2 aromatic carbocycles. The number of hydrogen-bond acceptors (Lipinski definition) is 3. The van der Waals surface area contributed by atoms with Gasteiger partial charge in [-0.2, -0.15) is 0 Å². The van der Waals surface area contributed by atoms with E-state index in [-0.39, 0.29) is 11.5 Å². The summed E-state index contributed by atoms with van der Waals surface area (Å²) in [6, 6.07) is 14.2. The molecular weight excluding hydrogens is 366 g/mol. The van der Waals surface area contributed by atoms with Gasteiger partial charge in [-0.15, -0.1) is 5.10 Å². The molecular formula is C19H22BrN3O. The average Bonchev–Trinajstić information content (AvgIpc) is 2.92. The van der Waals surface area contributed by atoms with E-state index in [0.29, 0.717) is 0 Å². The Bertz CT molecular complexity index is 837. The van der Waals surface area contributed by atoms with E-state index in [9.17, 15) is 0 Å². The van der Waals surface area contributed by atoms with Crippen LogP contribution in [0.1, 0.15) is 39.4 Å². The monoisotopic (exact) mass is 387 g/mol. The second-order valence-corrected chi connectivity index (χ2v) is 8.02. The van der Waals surface area contributed by atoms with Crippen LogP contribution >= 0.6 is 15.9 Å². The highest BCUT2D eigenvalue weighted by molar-refractivity contribution is 9.10. The lowest BCUT2D eigenvalue weighted by Gasteiger charge is -2.18.